The number of ether oxygens (including phenoxy) is 2. The Bertz CT molecular complexity index is 1160. The summed E-state index contributed by atoms with van der Waals surface area (Å²) in [4.78, 5) is 13.0. The molecule has 1 N–H and O–H groups in total. The monoisotopic (exact) mass is 482 g/mol. The van der Waals surface area contributed by atoms with Crippen LogP contribution in [0.25, 0.3) is 0 Å². The Kier molecular flexibility index (Phi) is 8.67. The van der Waals surface area contributed by atoms with Gasteiger partial charge in [0, 0.05) is 6.54 Å². The lowest BCUT2D eigenvalue weighted by Crippen LogP contribution is -2.42. The van der Waals surface area contributed by atoms with E-state index in [2.05, 4.69) is 5.32 Å². The zero-order chi connectivity index (χ0) is 24.6. The van der Waals surface area contributed by atoms with Gasteiger partial charge in [0.05, 0.1) is 31.7 Å². The first-order valence-electron chi connectivity index (χ1n) is 10.9. The van der Waals surface area contributed by atoms with E-state index in [0.717, 1.165) is 16.9 Å². The Morgan fingerprint density at radius 3 is 2.00 bits per heavy atom. The van der Waals surface area contributed by atoms with E-state index in [4.69, 9.17) is 9.47 Å². The van der Waals surface area contributed by atoms with Crippen LogP contribution in [0.5, 0.6) is 11.5 Å². The summed E-state index contributed by atoms with van der Waals surface area (Å²) in [5.41, 5.74) is 1.88. The van der Waals surface area contributed by atoms with Crippen molar-refractivity contribution in [2.45, 2.75) is 24.3 Å². The topological polar surface area (TPSA) is 84.9 Å². The summed E-state index contributed by atoms with van der Waals surface area (Å²) in [6.07, 6.45) is 0.484. The molecule has 3 aromatic carbocycles. The SMILES string of the molecule is COc1ccc([C@H](C)NC(=O)CN(CCc2ccccc2)S(=O)(=O)c2ccc(OC)cc2)cc1. The highest BCUT2D eigenvalue weighted by molar-refractivity contribution is 7.89. The summed E-state index contributed by atoms with van der Waals surface area (Å²) in [5.74, 6) is 0.897. The Morgan fingerprint density at radius 1 is 0.882 bits per heavy atom. The fourth-order valence-corrected chi connectivity index (χ4v) is 4.90. The van der Waals surface area contributed by atoms with Crippen LogP contribution in [0.4, 0.5) is 0 Å². The molecule has 0 saturated heterocycles. The van der Waals surface area contributed by atoms with Crippen LogP contribution < -0.4 is 14.8 Å². The minimum atomic E-state index is -3.90. The first-order valence-corrected chi connectivity index (χ1v) is 12.4. The van der Waals surface area contributed by atoms with Crippen molar-refractivity contribution in [2.24, 2.45) is 0 Å². The largest absolute Gasteiger partial charge is 0.497 e. The van der Waals surface area contributed by atoms with E-state index in [-0.39, 0.29) is 29.9 Å². The van der Waals surface area contributed by atoms with E-state index >= 15 is 0 Å². The number of nitrogens with zero attached hydrogens (tertiary/aromatic N) is 1. The van der Waals surface area contributed by atoms with Crippen molar-refractivity contribution in [2.75, 3.05) is 27.3 Å². The Morgan fingerprint density at radius 2 is 1.44 bits per heavy atom. The van der Waals surface area contributed by atoms with Crippen molar-refractivity contribution in [3.63, 3.8) is 0 Å². The average Bonchev–Trinajstić information content (AvgIpc) is 2.87. The maximum atomic E-state index is 13.4. The molecule has 0 aliphatic heterocycles. The molecule has 0 heterocycles. The summed E-state index contributed by atoms with van der Waals surface area (Å²) >= 11 is 0. The number of amides is 1. The van der Waals surface area contributed by atoms with E-state index in [0.29, 0.717) is 12.2 Å². The minimum absolute atomic E-state index is 0.109. The van der Waals surface area contributed by atoms with Crippen LogP contribution in [0.2, 0.25) is 0 Å². The summed E-state index contributed by atoms with van der Waals surface area (Å²) in [6, 6.07) is 22.8. The van der Waals surface area contributed by atoms with Crippen LogP contribution in [0.1, 0.15) is 24.1 Å². The molecule has 1 atom stereocenters. The van der Waals surface area contributed by atoms with E-state index in [9.17, 15) is 13.2 Å². The van der Waals surface area contributed by atoms with Crippen molar-refractivity contribution < 1.29 is 22.7 Å². The molecule has 0 radical (unpaired) electrons. The molecule has 0 aromatic heterocycles. The fraction of sp³-hybridized carbons (Fsp3) is 0.269. The number of sulfonamides is 1. The Balaban J connectivity index is 1.76. The number of hydrogen-bond donors (Lipinski definition) is 1. The maximum absolute atomic E-state index is 13.4. The van der Waals surface area contributed by atoms with Gasteiger partial charge in [-0.1, -0.05) is 42.5 Å². The standard InChI is InChI=1S/C26H30N2O5S/c1-20(22-9-11-23(32-2)12-10-22)27-26(29)19-28(18-17-21-7-5-4-6-8-21)34(30,31)25-15-13-24(33-3)14-16-25/h4-16,20H,17-19H2,1-3H3,(H,27,29)/t20-/m0/s1. The van der Waals surface area contributed by atoms with E-state index in [1.54, 1.807) is 19.2 Å². The quantitative estimate of drug-likeness (QED) is 0.449. The number of hydrogen-bond acceptors (Lipinski definition) is 5. The minimum Gasteiger partial charge on any atom is -0.497 e. The molecule has 180 valence electrons. The van der Waals surface area contributed by atoms with Gasteiger partial charge in [0.15, 0.2) is 0 Å². The number of nitrogens with one attached hydrogen (secondary N) is 1. The molecule has 0 fully saturated rings. The molecule has 3 rings (SSSR count). The zero-order valence-electron chi connectivity index (χ0n) is 19.6. The van der Waals surface area contributed by atoms with Crippen molar-refractivity contribution in [1.82, 2.24) is 9.62 Å². The van der Waals surface area contributed by atoms with Crippen LogP contribution in [0, 0.1) is 0 Å². The van der Waals surface area contributed by atoms with Crippen molar-refractivity contribution in [3.05, 3.63) is 90.0 Å². The first-order chi connectivity index (χ1) is 16.3. The average molecular weight is 483 g/mol. The van der Waals surface area contributed by atoms with Gasteiger partial charge in [-0.2, -0.15) is 4.31 Å². The molecular weight excluding hydrogens is 452 g/mol. The molecule has 1 amide bonds. The predicted octanol–water partition coefficient (Wildman–Crippen LogP) is 3.81. The van der Waals surface area contributed by atoms with Gasteiger partial charge in [-0.25, -0.2) is 8.42 Å². The van der Waals surface area contributed by atoms with E-state index in [1.807, 2.05) is 61.5 Å². The molecule has 3 aromatic rings. The molecule has 7 nitrogen and oxygen atoms in total. The zero-order valence-corrected chi connectivity index (χ0v) is 20.4. The lowest BCUT2D eigenvalue weighted by molar-refractivity contribution is -0.121. The lowest BCUT2D eigenvalue weighted by Gasteiger charge is -2.23. The van der Waals surface area contributed by atoms with Gasteiger partial charge in [-0.15, -0.1) is 0 Å². The van der Waals surface area contributed by atoms with Gasteiger partial charge in [-0.05, 0) is 60.9 Å². The van der Waals surface area contributed by atoms with Crippen LogP contribution in [0.15, 0.2) is 83.8 Å². The van der Waals surface area contributed by atoms with Gasteiger partial charge in [0.2, 0.25) is 15.9 Å². The highest BCUT2D eigenvalue weighted by Gasteiger charge is 2.27. The third kappa shape index (κ3) is 6.59. The van der Waals surface area contributed by atoms with Crippen LogP contribution in [-0.2, 0) is 21.2 Å². The molecule has 0 aliphatic rings. The summed E-state index contributed by atoms with van der Waals surface area (Å²) in [6.45, 7) is 1.73. The molecule has 0 spiro atoms. The van der Waals surface area contributed by atoms with Gasteiger partial charge in [0.1, 0.15) is 11.5 Å². The second-order valence-corrected chi connectivity index (χ2v) is 9.75. The Labute approximate surface area is 201 Å². The highest BCUT2D eigenvalue weighted by Crippen LogP contribution is 2.21. The summed E-state index contributed by atoms with van der Waals surface area (Å²) in [7, 11) is -0.792. The number of carbonyl (C=O) groups excluding carboxylic acids is 1. The van der Waals surface area contributed by atoms with E-state index < -0.39 is 10.0 Å². The highest BCUT2D eigenvalue weighted by atomic mass is 32.2. The van der Waals surface area contributed by atoms with Crippen LogP contribution in [-0.4, -0.2) is 45.9 Å². The van der Waals surface area contributed by atoms with Crippen molar-refractivity contribution in [3.8, 4) is 11.5 Å². The van der Waals surface area contributed by atoms with Gasteiger partial charge >= 0.3 is 0 Å². The van der Waals surface area contributed by atoms with Crippen LogP contribution in [0.3, 0.4) is 0 Å². The maximum Gasteiger partial charge on any atom is 0.243 e. The van der Waals surface area contributed by atoms with E-state index in [1.165, 1.54) is 23.5 Å². The molecule has 0 unspecified atom stereocenters. The summed E-state index contributed by atoms with van der Waals surface area (Å²) < 4.78 is 38.3. The molecule has 0 bridgehead atoms. The normalized spacial score (nSPS) is 12.2. The smallest absolute Gasteiger partial charge is 0.243 e. The lowest BCUT2D eigenvalue weighted by atomic mass is 10.1. The van der Waals surface area contributed by atoms with Gasteiger partial charge < -0.3 is 14.8 Å². The number of benzene rings is 3. The summed E-state index contributed by atoms with van der Waals surface area (Å²) in [5, 5.41) is 2.90. The Hall–Kier alpha value is -3.36. The van der Waals surface area contributed by atoms with Crippen molar-refractivity contribution >= 4 is 15.9 Å². The molecule has 34 heavy (non-hydrogen) atoms. The molecule has 8 heteroatoms. The number of methoxy groups -OCH3 is 2. The number of carbonyl (C=O) groups is 1. The third-order valence-corrected chi connectivity index (χ3v) is 7.36. The molecular formula is C26H30N2O5S. The fourth-order valence-electron chi connectivity index (χ4n) is 3.50. The second-order valence-electron chi connectivity index (χ2n) is 7.81. The molecule has 0 saturated carbocycles. The first kappa shape index (κ1) is 25.3. The second kappa shape index (κ2) is 11.7. The van der Waals surface area contributed by atoms with Gasteiger partial charge in [-0.3, -0.25) is 4.79 Å². The number of rotatable bonds is 11. The van der Waals surface area contributed by atoms with Crippen LogP contribution >= 0.6 is 0 Å². The third-order valence-electron chi connectivity index (χ3n) is 5.50. The van der Waals surface area contributed by atoms with Crippen molar-refractivity contribution in [1.29, 1.82) is 0 Å². The molecule has 0 aliphatic carbocycles. The van der Waals surface area contributed by atoms with Gasteiger partial charge in [0.25, 0.3) is 0 Å². The predicted molar refractivity (Wildman–Crippen MR) is 131 cm³/mol.